The minimum atomic E-state index is -0.783. The summed E-state index contributed by atoms with van der Waals surface area (Å²) in [6, 6.07) is 0.0599. The van der Waals surface area contributed by atoms with Gasteiger partial charge in [0, 0.05) is 18.3 Å². The molecule has 2 atom stereocenters. The lowest BCUT2D eigenvalue weighted by atomic mass is 9.90. The molecule has 0 aromatic carbocycles. The van der Waals surface area contributed by atoms with Gasteiger partial charge in [0.1, 0.15) is 0 Å². The molecule has 1 heterocycles. The second-order valence-electron chi connectivity index (χ2n) is 5.76. The van der Waals surface area contributed by atoms with Gasteiger partial charge in [-0.3, -0.25) is 9.48 Å². The standard InChI is InChI=1S/C14H24N4O.ClH/c1-4-8-14(2,15)13(19)17-11-6-5-7-12-10(11)9-16-18(12)3;/h9,11H,4-8,15H2,1-3H3,(H,17,19);1H. The number of hydrogen-bond acceptors (Lipinski definition) is 3. The average molecular weight is 301 g/mol. The van der Waals surface area contributed by atoms with Crippen LogP contribution in [0.4, 0.5) is 0 Å². The van der Waals surface area contributed by atoms with Crippen LogP contribution in [0, 0.1) is 0 Å². The smallest absolute Gasteiger partial charge is 0.240 e. The summed E-state index contributed by atoms with van der Waals surface area (Å²) in [6.45, 7) is 3.84. The molecule has 0 bridgehead atoms. The van der Waals surface area contributed by atoms with E-state index in [1.807, 2.05) is 24.9 Å². The molecule has 6 heteroatoms. The molecule has 0 aliphatic heterocycles. The van der Waals surface area contributed by atoms with E-state index in [1.165, 1.54) is 5.69 Å². The van der Waals surface area contributed by atoms with Gasteiger partial charge >= 0.3 is 0 Å². The molecule has 5 nitrogen and oxygen atoms in total. The molecule has 2 unspecified atom stereocenters. The van der Waals surface area contributed by atoms with E-state index in [4.69, 9.17) is 5.73 Å². The first-order valence-electron chi connectivity index (χ1n) is 7.06. The fourth-order valence-electron chi connectivity index (χ4n) is 2.81. The predicted molar refractivity (Wildman–Crippen MR) is 81.8 cm³/mol. The lowest BCUT2D eigenvalue weighted by Crippen LogP contribution is -2.52. The van der Waals surface area contributed by atoms with E-state index in [9.17, 15) is 4.79 Å². The fraction of sp³-hybridized carbons (Fsp3) is 0.714. The second kappa shape index (κ2) is 6.59. The number of nitrogens with two attached hydrogens (primary N) is 1. The Hall–Kier alpha value is -1.07. The molecule has 1 aliphatic carbocycles. The van der Waals surface area contributed by atoms with Crippen LogP contribution >= 0.6 is 12.4 Å². The Labute approximate surface area is 126 Å². The Morgan fingerprint density at radius 3 is 3.00 bits per heavy atom. The van der Waals surface area contributed by atoms with Crippen molar-refractivity contribution in [3.8, 4) is 0 Å². The van der Waals surface area contributed by atoms with Crippen molar-refractivity contribution in [2.45, 2.75) is 57.5 Å². The monoisotopic (exact) mass is 300 g/mol. The van der Waals surface area contributed by atoms with Crippen molar-refractivity contribution in [2.24, 2.45) is 12.8 Å². The van der Waals surface area contributed by atoms with Crippen LogP contribution in [0.5, 0.6) is 0 Å². The van der Waals surface area contributed by atoms with Gasteiger partial charge in [-0.2, -0.15) is 5.10 Å². The number of nitrogens with one attached hydrogen (secondary N) is 1. The third kappa shape index (κ3) is 3.33. The number of aryl methyl sites for hydroxylation is 1. The van der Waals surface area contributed by atoms with Crippen molar-refractivity contribution in [3.63, 3.8) is 0 Å². The molecule has 0 saturated carbocycles. The zero-order valence-electron chi connectivity index (χ0n) is 12.5. The third-order valence-electron chi connectivity index (χ3n) is 3.97. The maximum Gasteiger partial charge on any atom is 0.240 e. The van der Waals surface area contributed by atoms with Crippen molar-refractivity contribution in [1.29, 1.82) is 0 Å². The zero-order valence-corrected chi connectivity index (χ0v) is 13.3. The fourth-order valence-corrected chi connectivity index (χ4v) is 2.81. The number of nitrogens with zero attached hydrogens (tertiary/aromatic N) is 2. The van der Waals surface area contributed by atoms with Gasteiger partial charge in [-0.1, -0.05) is 13.3 Å². The number of carbonyl (C=O) groups excluding carboxylic acids is 1. The molecule has 1 aromatic rings. The van der Waals surface area contributed by atoms with Gasteiger partial charge in [0.2, 0.25) is 5.91 Å². The van der Waals surface area contributed by atoms with Gasteiger partial charge in [0.05, 0.1) is 17.8 Å². The Kier molecular flexibility index (Phi) is 5.59. The van der Waals surface area contributed by atoms with Crippen molar-refractivity contribution in [3.05, 3.63) is 17.5 Å². The second-order valence-corrected chi connectivity index (χ2v) is 5.76. The minimum absolute atomic E-state index is 0. The van der Waals surface area contributed by atoms with E-state index in [0.29, 0.717) is 6.42 Å². The molecule has 114 valence electrons. The number of carbonyl (C=O) groups is 1. The van der Waals surface area contributed by atoms with Crippen molar-refractivity contribution >= 4 is 18.3 Å². The zero-order chi connectivity index (χ0) is 14.0. The first-order valence-corrected chi connectivity index (χ1v) is 7.06. The van der Waals surface area contributed by atoms with Crippen molar-refractivity contribution < 1.29 is 4.79 Å². The molecule has 0 fully saturated rings. The van der Waals surface area contributed by atoms with Gasteiger partial charge in [-0.25, -0.2) is 0 Å². The van der Waals surface area contributed by atoms with Gasteiger partial charge in [0.25, 0.3) is 0 Å². The van der Waals surface area contributed by atoms with E-state index in [1.54, 1.807) is 6.92 Å². The van der Waals surface area contributed by atoms with Crippen LogP contribution in [-0.4, -0.2) is 21.2 Å². The summed E-state index contributed by atoms with van der Waals surface area (Å²) in [7, 11) is 1.95. The van der Waals surface area contributed by atoms with Crippen LogP contribution in [-0.2, 0) is 18.3 Å². The molecule has 0 saturated heterocycles. The predicted octanol–water partition coefficient (Wildman–Crippen LogP) is 1.85. The molecule has 20 heavy (non-hydrogen) atoms. The molecule has 1 aromatic heterocycles. The van der Waals surface area contributed by atoms with E-state index >= 15 is 0 Å². The molecule has 1 amide bonds. The highest BCUT2D eigenvalue weighted by Crippen LogP contribution is 2.29. The van der Waals surface area contributed by atoms with Crippen molar-refractivity contribution in [2.75, 3.05) is 0 Å². The molecule has 0 spiro atoms. The highest BCUT2D eigenvalue weighted by molar-refractivity contribution is 5.86. The highest BCUT2D eigenvalue weighted by Gasteiger charge is 2.31. The van der Waals surface area contributed by atoms with E-state index in [2.05, 4.69) is 10.4 Å². The molecule has 3 N–H and O–H groups in total. The van der Waals surface area contributed by atoms with E-state index < -0.39 is 5.54 Å². The largest absolute Gasteiger partial charge is 0.348 e. The number of rotatable bonds is 4. The minimum Gasteiger partial charge on any atom is -0.348 e. The number of amides is 1. The number of aromatic nitrogens is 2. The van der Waals surface area contributed by atoms with Gasteiger partial charge in [0.15, 0.2) is 0 Å². The number of hydrogen-bond donors (Lipinski definition) is 2. The SMILES string of the molecule is CCCC(C)(N)C(=O)NC1CCCc2c1cnn2C.Cl. The Morgan fingerprint density at radius 1 is 1.65 bits per heavy atom. The average Bonchev–Trinajstić information content (AvgIpc) is 2.72. The van der Waals surface area contributed by atoms with E-state index in [0.717, 1.165) is 31.2 Å². The summed E-state index contributed by atoms with van der Waals surface area (Å²) in [5.74, 6) is -0.0592. The summed E-state index contributed by atoms with van der Waals surface area (Å²) in [6.07, 6.45) is 6.55. The van der Waals surface area contributed by atoms with E-state index in [-0.39, 0.29) is 24.4 Å². The Bertz CT molecular complexity index is 470. The van der Waals surface area contributed by atoms with Crippen LogP contribution < -0.4 is 11.1 Å². The van der Waals surface area contributed by atoms with Crippen molar-refractivity contribution in [1.82, 2.24) is 15.1 Å². The van der Waals surface area contributed by atoms with Crippen LogP contribution in [0.1, 0.15) is 56.8 Å². The maximum atomic E-state index is 12.3. The highest BCUT2D eigenvalue weighted by atomic mass is 35.5. The summed E-state index contributed by atoms with van der Waals surface area (Å²) in [4.78, 5) is 12.3. The molecular formula is C14H25ClN4O. The summed E-state index contributed by atoms with van der Waals surface area (Å²) < 4.78 is 1.90. The Balaban J connectivity index is 0.00000200. The molecule has 0 radical (unpaired) electrons. The molecular weight excluding hydrogens is 276 g/mol. The first-order chi connectivity index (χ1) is 8.95. The summed E-state index contributed by atoms with van der Waals surface area (Å²) in [5.41, 5.74) is 7.67. The lowest BCUT2D eigenvalue weighted by molar-refractivity contribution is -0.126. The van der Waals surface area contributed by atoms with Crippen LogP contribution in [0.3, 0.4) is 0 Å². The van der Waals surface area contributed by atoms with Crippen LogP contribution in [0.15, 0.2) is 6.20 Å². The van der Waals surface area contributed by atoms with Gasteiger partial charge in [-0.15, -0.1) is 12.4 Å². The van der Waals surface area contributed by atoms with Gasteiger partial charge in [-0.05, 0) is 32.6 Å². The molecule has 1 aliphatic rings. The summed E-state index contributed by atoms with van der Waals surface area (Å²) >= 11 is 0. The maximum absolute atomic E-state index is 12.3. The van der Waals surface area contributed by atoms with Crippen LogP contribution in [0.2, 0.25) is 0 Å². The number of halogens is 1. The van der Waals surface area contributed by atoms with Crippen LogP contribution in [0.25, 0.3) is 0 Å². The summed E-state index contributed by atoms with van der Waals surface area (Å²) in [5, 5.41) is 7.38. The first kappa shape index (κ1) is 17.0. The molecule has 2 rings (SSSR count). The lowest BCUT2D eigenvalue weighted by Gasteiger charge is -2.29. The third-order valence-corrected chi connectivity index (χ3v) is 3.97. The van der Waals surface area contributed by atoms with Gasteiger partial charge < -0.3 is 11.1 Å². The quantitative estimate of drug-likeness (QED) is 0.891. The topological polar surface area (TPSA) is 72.9 Å². The normalized spacial score (nSPS) is 20.5. The Morgan fingerprint density at radius 2 is 2.35 bits per heavy atom. The number of fused-ring (bicyclic) bond motifs is 1.